The van der Waals surface area contributed by atoms with E-state index in [1.165, 1.54) is 70.8 Å². The van der Waals surface area contributed by atoms with Crippen molar-refractivity contribution in [2.45, 2.75) is 96.6 Å². The second-order valence-corrected chi connectivity index (χ2v) is 8.13. The zero-order valence-corrected chi connectivity index (χ0v) is 14.7. The molecular weight excluding hydrogens is 256 g/mol. The Morgan fingerprint density at radius 2 is 1.95 bits per heavy atom. The number of rotatable bonds is 5. The molecule has 2 rings (SSSR count). The van der Waals surface area contributed by atoms with E-state index in [-0.39, 0.29) is 0 Å². The summed E-state index contributed by atoms with van der Waals surface area (Å²) >= 11 is 0. The summed E-state index contributed by atoms with van der Waals surface area (Å²) in [5, 5.41) is 0. The van der Waals surface area contributed by atoms with Crippen molar-refractivity contribution < 1.29 is 0 Å². The van der Waals surface area contributed by atoms with Crippen LogP contribution in [-0.4, -0.2) is 29.6 Å². The van der Waals surface area contributed by atoms with E-state index < -0.39 is 0 Å². The summed E-state index contributed by atoms with van der Waals surface area (Å²) in [5.41, 5.74) is 6.71. The molecule has 1 saturated heterocycles. The summed E-state index contributed by atoms with van der Waals surface area (Å²) in [5.74, 6) is 1.73. The molecule has 3 atom stereocenters. The summed E-state index contributed by atoms with van der Waals surface area (Å²) in [6.45, 7) is 9.29. The van der Waals surface area contributed by atoms with E-state index in [9.17, 15) is 0 Å². The van der Waals surface area contributed by atoms with E-state index in [4.69, 9.17) is 5.73 Å². The summed E-state index contributed by atoms with van der Waals surface area (Å²) in [6.07, 6.45) is 13.8. The van der Waals surface area contributed by atoms with E-state index in [0.717, 1.165) is 24.4 Å². The van der Waals surface area contributed by atoms with E-state index >= 15 is 0 Å². The SMILES string of the molecule is CCC1CCCCCN1C1(CN)CCCC(CC(C)C)C1. The molecule has 1 heterocycles. The Bertz CT molecular complexity index is 302. The fraction of sp³-hybridized carbons (Fsp3) is 1.00. The first-order valence-electron chi connectivity index (χ1n) is 9.58. The van der Waals surface area contributed by atoms with Gasteiger partial charge in [0.15, 0.2) is 0 Å². The lowest BCUT2D eigenvalue weighted by Gasteiger charge is -2.51. The van der Waals surface area contributed by atoms with Gasteiger partial charge >= 0.3 is 0 Å². The van der Waals surface area contributed by atoms with Crippen LogP contribution in [0.15, 0.2) is 0 Å². The summed E-state index contributed by atoms with van der Waals surface area (Å²) in [7, 11) is 0. The topological polar surface area (TPSA) is 29.3 Å². The van der Waals surface area contributed by atoms with Crippen LogP contribution in [0.4, 0.5) is 0 Å². The molecule has 0 spiro atoms. The van der Waals surface area contributed by atoms with Gasteiger partial charge in [-0.25, -0.2) is 0 Å². The number of nitrogens with zero attached hydrogens (tertiary/aromatic N) is 1. The Morgan fingerprint density at radius 1 is 1.14 bits per heavy atom. The highest BCUT2D eigenvalue weighted by molar-refractivity contribution is 4.99. The zero-order valence-electron chi connectivity index (χ0n) is 14.7. The van der Waals surface area contributed by atoms with Crippen molar-refractivity contribution in [3.05, 3.63) is 0 Å². The van der Waals surface area contributed by atoms with Crippen molar-refractivity contribution >= 4 is 0 Å². The first kappa shape index (κ1) is 17.3. The van der Waals surface area contributed by atoms with Gasteiger partial charge in [0.1, 0.15) is 0 Å². The molecule has 2 aliphatic rings. The van der Waals surface area contributed by atoms with Crippen molar-refractivity contribution in [1.29, 1.82) is 0 Å². The van der Waals surface area contributed by atoms with Crippen LogP contribution in [0.1, 0.15) is 85.0 Å². The molecule has 21 heavy (non-hydrogen) atoms. The third-order valence-electron chi connectivity index (χ3n) is 6.07. The second-order valence-electron chi connectivity index (χ2n) is 8.13. The molecule has 2 nitrogen and oxygen atoms in total. The van der Waals surface area contributed by atoms with Gasteiger partial charge in [-0.15, -0.1) is 0 Å². The summed E-state index contributed by atoms with van der Waals surface area (Å²) in [6, 6.07) is 0.786. The van der Waals surface area contributed by atoms with Crippen molar-refractivity contribution in [3.63, 3.8) is 0 Å². The molecule has 1 aliphatic carbocycles. The average Bonchev–Trinajstić information content (AvgIpc) is 2.72. The molecule has 0 radical (unpaired) electrons. The summed E-state index contributed by atoms with van der Waals surface area (Å²) in [4.78, 5) is 2.88. The number of hydrogen-bond donors (Lipinski definition) is 1. The second kappa shape index (κ2) is 7.97. The Kier molecular flexibility index (Phi) is 6.55. The minimum Gasteiger partial charge on any atom is -0.329 e. The molecule has 1 saturated carbocycles. The highest BCUT2D eigenvalue weighted by Gasteiger charge is 2.42. The smallest absolute Gasteiger partial charge is 0.0337 e. The molecule has 2 heteroatoms. The van der Waals surface area contributed by atoms with Gasteiger partial charge in [0.25, 0.3) is 0 Å². The quantitative estimate of drug-likeness (QED) is 0.804. The lowest BCUT2D eigenvalue weighted by Crippen LogP contribution is -2.59. The van der Waals surface area contributed by atoms with Crippen molar-refractivity contribution in [2.75, 3.05) is 13.1 Å². The molecule has 2 N–H and O–H groups in total. The summed E-state index contributed by atoms with van der Waals surface area (Å²) < 4.78 is 0. The third kappa shape index (κ3) is 4.22. The number of nitrogens with two attached hydrogens (primary N) is 1. The number of likely N-dealkylation sites (tertiary alicyclic amines) is 1. The van der Waals surface area contributed by atoms with Crippen LogP contribution >= 0.6 is 0 Å². The maximum atomic E-state index is 6.39. The molecule has 1 aliphatic heterocycles. The maximum absolute atomic E-state index is 6.39. The minimum atomic E-state index is 0.322. The molecule has 2 fully saturated rings. The van der Waals surface area contributed by atoms with E-state index in [2.05, 4.69) is 25.7 Å². The van der Waals surface area contributed by atoms with Gasteiger partial charge in [0, 0.05) is 18.1 Å². The maximum Gasteiger partial charge on any atom is 0.0337 e. The van der Waals surface area contributed by atoms with Gasteiger partial charge in [0.2, 0.25) is 0 Å². The van der Waals surface area contributed by atoms with Crippen LogP contribution in [-0.2, 0) is 0 Å². The lowest BCUT2D eigenvalue weighted by atomic mass is 9.71. The molecule has 3 unspecified atom stereocenters. The van der Waals surface area contributed by atoms with Crippen LogP contribution in [0.5, 0.6) is 0 Å². The van der Waals surface area contributed by atoms with E-state index in [0.29, 0.717) is 5.54 Å². The van der Waals surface area contributed by atoms with Gasteiger partial charge in [-0.3, -0.25) is 4.90 Å². The van der Waals surface area contributed by atoms with Gasteiger partial charge in [-0.2, -0.15) is 0 Å². The van der Waals surface area contributed by atoms with Gasteiger partial charge in [0.05, 0.1) is 0 Å². The molecule has 0 amide bonds. The standard InChI is InChI=1S/C19H38N2/c1-4-18-10-6-5-7-12-21(18)19(15-20)11-8-9-17(14-19)13-16(2)3/h16-18H,4-15,20H2,1-3H3. The van der Waals surface area contributed by atoms with Crippen LogP contribution < -0.4 is 5.73 Å². The van der Waals surface area contributed by atoms with Crippen LogP contribution in [0.25, 0.3) is 0 Å². The van der Waals surface area contributed by atoms with Crippen LogP contribution in [0.2, 0.25) is 0 Å². The predicted octanol–water partition coefficient (Wildman–Crippen LogP) is 4.57. The third-order valence-corrected chi connectivity index (χ3v) is 6.07. The molecule has 0 bridgehead atoms. The largest absolute Gasteiger partial charge is 0.329 e. The highest BCUT2D eigenvalue weighted by atomic mass is 15.2. The van der Waals surface area contributed by atoms with Gasteiger partial charge in [-0.1, -0.05) is 46.5 Å². The van der Waals surface area contributed by atoms with Crippen LogP contribution in [0.3, 0.4) is 0 Å². The average molecular weight is 295 g/mol. The molecule has 0 aromatic rings. The van der Waals surface area contributed by atoms with Crippen molar-refractivity contribution in [3.8, 4) is 0 Å². The number of hydrogen-bond acceptors (Lipinski definition) is 2. The molecule has 124 valence electrons. The van der Waals surface area contributed by atoms with Gasteiger partial charge < -0.3 is 5.73 Å². The normalized spacial score (nSPS) is 35.9. The fourth-order valence-corrected chi connectivity index (χ4v) is 5.12. The molecule has 0 aromatic carbocycles. The Hall–Kier alpha value is -0.0800. The predicted molar refractivity (Wildman–Crippen MR) is 92.5 cm³/mol. The monoisotopic (exact) mass is 294 g/mol. The lowest BCUT2D eigenvalue weighted by molar-refractivity contribution is -0.000967. The van der Waals surface area contributed by atoms with Gasteiger partial charge in [-0.05, 0) is 56.9 Å². The fourth-order valence-electron chi connectivity index (χ4n) is 5.12. The van der Waals surface area contributed by atoms with Crippen molar-refractivity contribution in [1.82, 2.24) is 4.90 Å². The van der Waals surface area contributed by atoms with E-state index in [1.54, 1.807) is 0 Å². The Labute approximate surface area is 132 Å². The minimum absolute atomic E-state index is 0.322. The molecular formula is C19H38N2. The van der Waals surface area contributed by atoms with Crippen molar-refractivity contribution in [2.24, 2.45) is 17.6 Å². The van der Waals surface area contributed by atoms with E-state index in [1.807, 2.05) is 0 Å². The molecule has 0 aromatic heterocycles. The Balaban J connectivity index is 2.13. The first-order chi connectivity index (χ1) is 10.1. The Morgan fingerprint density at radius 3 is 2.62 bits per heavy atom. The highest BCUT2D eigenvalue weighted by Crippen LogP contribution is 2.41. The van der Waals surface area contributed by atoms with Crippen LogP contribution in [0, 0.1) is 11.8 Å². The first-order valence-corrected chi connectivity index (χ1v) is 9.58. The zero-order chi connectivity index (χ0) is 15.3.